The molecule has 1 aliphatic carbocycles. The zero-order chi connectivity index (χ0) is 16.7. The normalized spacial score (nSPS) is 23.2. The smallest absolute Gasteiger partial charge is 0.242 e. The van der Waals surface area contributed by atoms with Gasteiger partial charge in [-0.15, -0.1) is 0 Å². The maximum atomic E-state index is 12.4. The maximum Gasteiger partial charge on any atom is 0.242 e. The number of hydrogen-bond donors (Lipinski definition) is 2. The Morgan fingerprint density at radius 3 is 2.92 bits per heavy atom. The summed E-state index contributed by atoms with van der Waals surface area (Å²) in [7, 11) is 0. The van der Waals surface area contributed by atoms with Gasteiger partial charge >= 0.3 is 0 Å². The standard InChI is InChI=1S/C17H19N5O2/c1-11-7-18-22(9-11)17-13(6-15(17)23)20-16(24)10-21-14-5-3-2-4-12(14)8-19-21/h2-5,7-9,13,15,17,23H,6,10H2,1H3,(H,20,24)/t13-,15+,17+/m0/s1. The lowest BCUT2D eigenvalue weighted by atomic mass is 9.83. The van der Waals surface area contributed by atoms with Crippen LogP contribution in [0.3, 0.4) is 0 Å². The van der Waals surface area contributed by atoms with E-state index in [1.165, 1.54) is 0 Å². The predicted molar refractivity (Wildman–Crippen MR) is 88.3 cm³/mol. The number of hydrogen-bond acceptors (Lipinski definition) is 4. The van der Waals surface area contributed by atoms with Crippen molar-refractivity contribution in [1.29, 1.82) is 0 Å². The molecule has 0 aliphatic heterocycles. The topological polar surface area (TPSA) is 85.0 Å². The molecule has 0 spiro atoms. The van der Waals surface area contributed by atoms with Crippen molar-refractivity contribution in [3.8, 4) is 0 Å². The fraction of sp³-hybridized carbons (Fsp3) is 0.353. The summed E-state index contributed by atoms with van der Waals surface area (Å²) in [6.45, 7) is 2.11. The number of aryl methyl sites for hydroxylation is 1. The van der Waals surface area contributed by atoms with Gasteiger partial charge in [-0.2, -0.15) is 10.2 Å². The Balaban J connectivity index is 1.44. The lowest BCUT2D eigenvalue weighted by Gasteiger charge is -2.41. The van der Waals surface area contributed by atoms with Crippen LogP contribution in [-0.2, 0) is 11.3 Å². The van der Waals surface area contributed by atoms with Crippen LogP contribution < -0.4 is 5.32 Å². The first-order valence-electron chi connectivity index (χ1n) is 8.00. The molecule has 3 aromatic rings. The summed E-state index contributed by atoms with van der Waals surface area (Å²) in [5, 5.41) is 22.5. The Morgan fingerprint density at radius 1 is 1.33 bits per heavy atom. The van der Waals surface area contributed by atoms with Crippen LogP contribution in [0.4, 0.5) is 0 Å². The molecule has 2 N–H and O–H groups in total. The fourth-order valence-corrected chi connectivity index (χ4v) is 3.25. The van der Waals surface area contributed by atoms with Crippen molar-refractivity contribution in [2.24, 2.45) is 0 Å². The summed E-state index contributed by atoms with van der Waals surface area (Å²) in [5.74, 6) is -0.116. The number of para-hydroxylation sites is 1. The third-order valence-electron chi connectivity index (χ3n) is 4.53. The molecule has 1 aromatic carbocycles. The molecule has 7 heteroatoms. The van der Waals surface area contributed by atoms with Crippen LogP contribution in [0.25, 0.3) is 10.9 Å². The summed E-state index contributed by atoms with van der Waals surface area (Å²) in [5.41, 5.74) is 1.96. The van der Waals surface area contributed by atoms with Crippen molar-refractivity contribution in [1.82, 2.24) is 24.9 Å². The molecule has 4 rings (SSSR count). The molecule has 1 aliphatic rings. The summed E-state index contributed by atoms with van der Waals surface area (Å²) in [4.78, 5) is 12.4. The van der Waals surface area contributed by atoms with Crippen LogP contribution in [-0.4, -0.2) is 42.7 Å². The van der Waals surface area contributed by atoms with Crippen LogP contribution >= 0.6 is 0 Å². The minimum Gasteiger partial charge on any atom is -0.391 e. The Kier molecular flexibility index (Phi) is 3.57. The zero-order valence-electron chi connectivity index (χ0n) is 13.3. The first-order chi connectivity index (χ1) is 11.6. The van der Waals surface area contributed by atoms with Crippen LogP contribution in [0.15, 0.2) is 42.9 Å². The van der Waals surface area contributed by atoms with Crippen LogP contribution in [0, 0.1) is 6.92 Å². The molecule has 24 heavy (non-hydrogen) atoms. The van der Waals surface area contributed by atoms with Gasteiger partial charge in [-0.25, -0.2) is 0 Å². The van der Waals surface area contributed by atoms with Crippen molar-refractivity contribution in [2.45, 2.75) is 38.1 Å². The van der Waals surface area contributed by atoms with E-state index in [2.05, 4.69) is 15.5 Å². The average molecular weight is 325 g/mol. The number of carbonyl (C=O) groups excluding carboxylic acids is 1. The Morgan fingerprint density at radius 2 is 2.17 bits per heavy atom. The first-order valence-corrected chi connectivity index (χ1v) is 8.00. The minimum atomic E-state index is -0.486. The van der Waals surface area contributed by atoms with Crippen LogP contribution in [0.1, 0.15) is 18.0 Å². The number of nitrogens with one attached hydrogen (secondary N) is 1. The van der Waals surface area contributed by atoms with E-state index >= 15 is 0 Å². The van der Waals surface area contributed by atoms with Crippen molar-refractivity contribution >= 4 is 16.8 Å². The largest absolute Gasteiger partial charge is 0.391 e. The third kappa shape index (κ3) is 2.56. The van der Waals surface area contributed by atoms with E-state index in [1.807, 2.05) is 37.4 Å². The van der Waals surface area contributed by atoms with Crippen molar-refractivity contribution in [3.63, 3.8) is 0 Å². The highest BCUT2D eigenvalue weighted by Gasteiger charge is 2.42. The molecule has 0 radical (unpaired) electrons. The number of fused-ring (bicyclic) bond motifs is 1. The molecule has 2 heterocycles. The summed E-state index contributed by atoms with van der Waals surface area (Å²) in [6, 6.07) is 7.45. The van der Waals surface area contributed by atoms with Crippen LogP contribution in [0.2, 0.25) is 0 Å². The predicted octanol–water partition coefficient (Wildman–Crippen LogP) is 1.03. The first kappa shape index (κ1) is 14.9. The van der Waals surface area contributed by atoms with E-state index in [0.29, 0.717) is 6.42 Å². The van der Waals surface area contributed by atoms with E-state index in [0.717, 1.165) is 16.5 Å². The van der Waals surface area contributed by atoms with E-state index < -0.39 is 6.10 Å². The number of aliphatic hydroxyl groups excluding tert-OH is 1. The molecule has 3 atom stereocenters. The summed E-state index contributed by atoms with van der Waals surface area (Å²) < 4.78 is 3.42. The molecule has 0 bridgehead atoms. The summed E-state index contributed by atoms with van der Waals surface area (Å²) in [6.07, 6.45) is 5.44. The number of benzene rings is 1. The van der Waals surface area contributed by atoms with Gasteiger partial charge < -0.3 is 10.4 Å². The highest BCUT2D eigenvalue weighted by Crippen LogP contribution is 2.32. The highest BCUT2D eigenvalue weighted by atomic mass is 16.3. The number of aromatic nitrogens is 4. The van der Waals surface area contributed by atoms with Gasteiger partial charge in [0.25, 0.3) is 0 Å². The van der Waals surface area contributed by atoms with Gasteiger partial charge in [-0.3, -0.25) is 14.2 Å². The molecular weight excluding hydrogens is 306 g/mol. The number of rotatable bonds is 4. The molecule has 124 valence electrons. The Labute approximate surface area is 138 Å². The number of carbonyl (C=O) groups is 1. The second-order valence-electron chi connectivity index (χ2n) is 6.33. The molecule has 1 fully saturated rings. The van der Waals surface area contributed by atoms with Crippen molar-refractivity contribution in [3.05, 3.63) is 48.4 Å². The lowest BCUT2D eigenvalue weighted by Crippen LogP contribution is -2.56. The SMILES string of the molecule is Cc1cnn([C@H]2[C@H](O)C[C@@H]2NC(=O)Cn2ncc3ccccc32)c1. The maximum absolute atomic E-state index is 12.4. The average Bonchev–Trinajstić information content (AvgIpc) is 3.14. The molecule has 0 unspecified atom stereocenters. The molecule has 7 nitrogen and oxygen atoms in total. The monoisotopic (exact) mass is 325 g/mol. The number of nitrogens with zero attached hydrogens (tertiary/aromatic N) is 4. The molecule has 1 amide bonds. The van der Waals surface area contributed by atoms with Gasteiger partial charge in [0.05, 0.1) is 36.1 Å². The molecule has 0 saturated heterocycles. The van der Waals surface area contributed by atoms with Gasteiger partial charge in [0.1, 0.15) is 6.54 Å². The van der Waals surface area contributed by atoms with Gasteiger partial charge in [-0.1, -0.05) is 18.2 Å². The third-order valence-corrected chi connectivity index (χ3v) is 4.53. The second kappa shape index (κ2) is 5.76. The van der Waals surface area contributed by atoms with Gasteiger partial charge in [-0.05, 0) is 25.0 Å². The second-order valence-corrected chi connectivity index (χ2v) is 6.33. The highest BCUT2D eigenvalue weighted by molar-refractivity contribution is 5.82. The van der Waals surface area contributed by atoms with Crippen molar-refractivity contribution in [2.75, 3.05) is 0 Å². The van der Waals surface area contributed by atoms with Gasteiger partial charge in [0.15, 0.2) is 0 Å². The molecule has 2 aromatic heterocycles. The quantitative estimate of drug-likeness (QED) is 0.750. The van der Waals surface area contributed by atoms with Crippen molar-refractivity contribution < 1.29 is 9.90 Å². The lowest BCUT2D eigenvalue weighted by molar-refractivity contribution is -0.125. The number of aliphatic hydroxyl groups is 1. The Bertz CT molecular complexity index is 884. The van der Waals surface area contributed by atoms with Crippen LogP contribution in [0.5, 0.6) is 0 Å². The van der Waals surface area contributed by atoms with E-state index in [9.17, 15) is 9.90 Å². The minimum absolute atomic E-state index is 0.116. The van der Waals surface area contributed by atoms with Gasteiger partial charge in [0.2, 0.25) is 5.91 Å². The summed E-state index contributed by atoms with van der Waals surface area (Å²) >= 11 is 0. The molecule has 1 saturated carbocycles. The van der Waals surface area contributed by atoms with Gasteiger partial charge in [0, 0.05) is 11.6 Å². The number of amides is 1. The van der Waals surface area contributed by atoms with E-state index in [4.69, 9.17) is 0 Å². The van der Waals surface area contributed by atoms with E-state index in [-0.39, 0.29) is 24.5 Å². The fourth-order valence-electron chi connectivity index (χ4n) is 3.25. The van der Waals surface area contributed by atoms with E-state index in [1.54, 1.807) is 21.8 Å². The Hall–Kier alpha value is -2.67. The molecular formula is C17H19N5O2. The zero-order valence-corrected chi connectivity index (χ0v) is 13.3.